The van der Waals surface area contributed by atoms with Gasteiger partial charge in [0, 0.05) is 0 Å². The Balaban J connectivity index is 2.69. The van der Waals surface area contributed by atoms with Gasteiger partial charge in [-0.2, -0.15) is 0 Å². The zero-order valence-electron chi connectivity index (χ0n) is 17.2. The fourth-order valence-electron chi connectivity index (χ4n) is 2.47. The van der Waals surface area contributed by atoms with Crippen LogP contribution in [0.4, 0.5) is 8.78 Å². The van der Waals surface area contributed by atoms with E-state index in [2.05, 4.69) is 36.4 Å². The summed E-state index contributed by atoms with van der Waals surface area (Å²) in [7, 11) is 5.00. The predicted molar refractivity (Wildman–Crippen MR) is 133 cm³/mol. The third-order valence-corrected chi connectivity index (χ3v) is 13.2. The van der Waals surface area contributed by atoms with E-state index in [1.165, 1.54) is 0 Å². The van der Waals surface area contributed by atoms with E-state index in [-0.39, 0.29) is 29.5 Å². The van der Waals surface area contributed by atoms with Gasteiger partial charge in [-0.3, -0.25) is 0 Å². The van der Waals surface area contributed by atoms with Gasteiger partial charge in [0.05, 0.1) is 0 Å². The van der Waals surface area contributed by atoms with Gasteiger partial charge < -0.3 is 0 Å². The van der Waals surface area contributed by atoms with Gasteiger partial charge in [0.2, 0.25) is 0 Å². The molecule has 1 rings (SSSR count). The minimum atomic E-state index is -3.24. The van der Waals surface area contributed by atoms with Crippen molar-refractivity contribution in [2.45, 2.75) is 78.9 Å². The molecule has 1 aliphatic heterocycles. The van der Waals surface area contributed by atoms with Crippen molar-refractivity contribution in [2.75, 3.05) is 12.5 Å². The fraction of sp³-hybridized carbons (Fsp3) is 1.00. The van der Waals surface area contributed by atoms with Crippen LogP contribution < -0.4 is 21.4 Å². The van der Waals surface area contributed by atoms with Crippen LogP contribution in [0, 0.1) is 0 Å². The number of halogens is 4. The topological polar surface area (TPSA) is 36.9 Å². The Bertz CT molecular complexity index is 478. The monoisotopic (exact) mass is 734 g/mol. The van der Waals surface area contributed by atoms with E-state index >= 15 is 0 Å². The molecule has 0 bridgehead atoms. The Morgan fingerprint density at radius 1 is 1.31 bits per heavy atom. The van der Waals surface area contributed by atoms with Crippen molar-refractivity contribution in [3.05, 3.63) is 0 Å². The van der Waals surface area contributed by atoms with Gasteiger partial charge in [-0.1, -0.05) is 0 Å². The van der Waals surface area contributed by atoms with Crippen LogP contribution >= 0.6 is 74.6 Å². The Morgan fingerprint density at radius 3 is 2.59 bits per heavy atom. The molecule has 0 aliphatic carbocycles. The van der Waals surface area contributed by atoms with Gasteiger partial charge >= 0.3 is 218 Å². The molecule has 0 spiro atoms. The summed E-state index contributed by atoms with van der Waals surface area (Å²) in [4.78, 5) is 0. The maximum absolute atomic E-state index is 14.1. The number of hydrogen-bond acceptors (Lipinski definition) is 8. The summed E-state index contributed by atoms with van der Waals surface area (Å²) in [6, 6.07) is -0.221. The maximum atomic E-state index is 14.1. The first-order chi connectivity index (χ1) is 13.5. The van der Waals surface area contributed by atoms with Crippen LogP contribution in [0.1, 0.15) is 40.5 Å². The molecule has 173 valence electrons. The number of ether oxygens (including phenoxy) is 2. The van der Waals surface area contributed by atoms with Gasteiger partial charge in [0.25, 0.3) is 0 Å². The molecule has 0 N–H and O–H groups in total. The molecule has 0 amide bonds. The van der Waals surface area contributed by atoms with Crippen molar-refractivity contribution in [3.8, 4) is 0 Å². The molecule has 0 aromatic carbocycles. The quantitative estimate of drug-likeness (QED) is 0.0632. The molecule has 1 heterocycles. The molecule has 0 aromatic rings. The molecule has 0 saturated carbocycles. The molecule has 1 saturated heterocycles. The minimum absolute atomic E-state index is 0.0755. The van der Waals surface area contributed by atoms with E-state index in [9.17, 15) is 8.78 Å². The first kappa shape index (κ1) is 30.1. The summed E-state index contributed by atoms with van der Waals surface area (Å²) in [6.45, 7) is 8.14. The Morgan fingerprint density at radius 2 is 2.00 bits per heavy atom. The summed E-state index contributed by atoms with van der Waals surface area (Å²) in [5.41, 5.74) is -3.24. The van der Waals surface area contributed by atoms with E-state index in [1.807, 2.05) is 25.2 Å². The molecule has 0 aromatic heterocycles. The van der Waals surface area contributed by atoms with Crippen molar-refractivity contribution in [1.82, 2.24) is 0 Å². The normalized spacial score (nSPS) is 24.8. The third kappa shape index (κ3) is 13.5. The van der Waals surface area contributed by atoms with Crippen molar-refractivity contribution in [3.63, 3.8) is 0 Å². The van der Waals surface area contributed by atoms with Gasteiger partial charge in [-0.05, 0) is 0 Å². The molecule has 1 aliphatic rings. The van der Waals surface area contributed by atoms with Crippen LogP contribution in [0.15, 0.2) is 0 Å². The van der Waals surface area contributed by atoms with E-state index < -0.39 is 39.1 Å². The van der Waals surface area contributed by atoms with Crippen molar-refractivity contribution in [2.24, 2.45) is 0 Å². The summed E-state index contributed by atoms with van der Waals surface area (Å²) >= 11 is 1.60. The summed E-state index contributed by atoms with van der Waals surface area (Å²) in [6.07, 6.45) is 3.72. The Labute approximate surface area is 216 Å². The number of rotatable bonds is 15. The first-order valence-electron chi connectivity index (χ1n) is 8.79. The van der Waals surface area contributed by atoms with Crippen molar-refractivity contribution in [1.29, 1.82) is 0 Å². The molecular weight excluding hydrogens is 706 g/mol. The van der Waals surface area contributed by atoms with Crippen LogP contribution in [-0.4, -0.2) is 56.0 Å². The second kappa shape index (κ2) is 15.1. The zero-order valence-corrected chi connectivity index (χ0v) is 25.7. The summed E-state index contributed by atoms with van der Waals surface area (Å²) < 4.78 is 51.2. The Hall–Kier alpha value is 3.05. The molecule has 29 heavy (non-hydrogen) atoms. The molecule has 4 nitrogen and oxygen atoms in total. The van der Waals surface area contributed by atoms with Crippen LogP contribution in [0.3, 0.4) is 0 Å². The number of alkyl halides is 3. The summed E-state index contributed by atoms with van der Waals surface area (Å²) in [5.74, 6) is 0. The van der Waals surface area contributed by atoms with Crippen molar-refractivity contribution >= 4 is 79.7 Å². The zero-order chi connectivity index (χ0) is 22.1. The van der Waals surface area contributed by atoms with Crippen LogP contribution in [0.2, 0.25) is 0 Å². The van der Waals surface area contributed by atoms with E-state index in [0.717, 1.165) is 10.8 Å². The SMILES string of the molecule is CSSC(I)O[I-][B]C1CC(OC(F)(F)SSC)C(CC(C)(C)POC(C)C)O1. The molecule has 5 unspecified atom stereocenters. The van der Waals surface area contributed by atoms with Crippen LogP contribution in [-0.2, 0) is 17.1 Å². The second-order valence-electron chi connectivity index (χ2n) is 7.02. The molecule has 1 fully saturated rings. The third-order valence-electron chi connectivity index (χ3n) is 3.47. The van der Waals surface area contributed by atoms with Crippen LogP contribution in [0.25, 0.3) is 0 Å². The first-order valence-corrected chi connectivity index (χ1v) is 18.3. The van der Waals surface area contributed by atoms with Crippen LogP contribution in [0.5, 0.6) is 0 Å². The average molecular weight is 734 g/mol. The fourth-order valence-corrected chi connectivity index (χ4v) is 9.93. The second-order valence-corrected chi connectivity index (χ2v) is 17.5. The molecule has 1 radical (unpaired) electrons. The van der Waals surface area contributed by atoms with Gasteiger partial charge in [0.1, 0.15) is 0 Å². The average Bonchev–Trinajstić information content (AvgIpc) is 2.93. The molecule has 14 heteroatoms. The van der Waals surface area contributed by atoms with Gasteiger partial charge in [-0.25, -0.2) is 0 Å². The predicted octanol–water partition coefficient (Wildman–Crippen LogP) is 3.60. The van der Waals surface area contributed by atoms with Crippen molar-refractivity contribution < 1.29 is 47.2 Å². The van der Waals surface area contributed by atoms with Gasteiger partial charge in [-0.15, -0.1) is 0 Å². The molecular formula is C15H28BF2I2O4PS4-. The van der Waals surface area contributed by atoms with E-state index in [4.69, 9.17) is 17.1 Å². The standard InChI is InChI=1S/C15H28BF2I2O4PS4/c1-9(2)24-25-14(3,4)8-11-10(22-15(17,18)29-27-6)7-12(21-11)16-20-23-13(19)28-26-5/h9-13,25H,7-8H2,1-6H3/q-1. The number of hydrogen-bond donors (Lipinski definition) is 0. The van der Waals surface area contributed by atoms with Gasteiger partial charge in [0.15, 0.2) is 0 Å². The molecule has 5 atom stereocenters. The van der Waals surface area contributed by atoms with E-state index in [1.54, 1.807) is 27.8 Å². The van der Waals surface area contributed by atoms with E-state index in [0.29, 0.717) is 23.6 Å². The Kier molecular flexibility index (Phi) is 15.7. The summed E-state index contributed by atoms with van der Waals surface area (Å²) in [5, 5.41) is 1.84.